The van der Waals surface area contributed by atoms with Crippen LogP contribution in [0.4, 0.5) is 17.1 Å². The third-order valence-corrected chi connectivity index (χ3v) is 13.6. The molecule has 0 unspecified atom stereocenters. The second-order valence-corrected chi connectivity index (χ2v) is 17.1. The minimum atomic E-state index is 1.11. The highest BCUT2D eigenvalue weighted by Gasteiger charge is 2.19. The summed E-state index contributed by atoms with van der Waals surface area (Å²) in [4.78, 5) is 2.42. The van der Waals surface area contributed by atoms with Crippen LogP contribution in [0.2, 0.25) is 0 Å². The van der Waals surface area contributed by atoms with Gasteiger partial charge in [-0.3, -0.25) is 0 Å². The second kappa shape index (κ2) is 15.5. The van der Waals surface area contributed by atoms with E-state index in [1.807, 2.05) is 11.3 Å². The number of rotatable bonds is 8. The lowest BCUT2D eigenvalue weighted by molar-refractivity contribution is 1.18. The maximum atomic E-state index is 2.42. The molecule has 12 rings (SSSR count). The molecule has 0 amide bonds. The van der Waals surface area contributed by atoms with Gasteiger partial charge in [-0.05, 0) is 99.6 Å². The molecule has 0 aliphatic heterocycles. The van der Waals surface area contributed by atoms with E-state index in [0.29, 0.717) is 0 Å². The number of fused-ring (bicyclic) bond motifs is 6. The molecular formula is C60H40N2S. The predicted octanol–water partition coefficient (Wildman–Crippen LogP) is 17.3. The number of hydrogen-bond donors (Lipinski definition) is 0. The Labute approximate surface area is 370 Å². The van der Waals surface area contributed by atoms with Crippen LogP contribution < -0.4 is 4.90 Å². The Morgan fingerprint density at radius 1 is 0.317 bits per heavy atom. The molecule has 2 aromatic heterocycles. The molecule has 0 radical (unpaired) electrons. The Balaban J connectivity index is 0.923. The number of nitrogens with zero attached hydrogens (tertiary/aromatic N) is 2. The Morgan fingerprint density at radius 3 is 1.44 bits per heavy atom. The molecule has 0 N–H and O–H groups in total. The molecule has 10 aromatic carbocycles. The first-order valence-corrected chi connectivity index (χ1v) is 22.3. The summed E-state index contributed by atoms with van der Waals surface area (Å²) in [6.07, 6.45) is 0. The number of anilines is 3. The normalized spacial score (nSPS) is 11.5. The summed E-state index contributed by atoms with van der Waals surface area (Å²) < 4.78 is 4.99. The zero-order chi connectivity index (χ0) is 41.7. The van der Waals surface area contributed by atoms with Crippen molar-refractivity contribution in [3.8, 4) is 50.2 Å². The lowest BCUT2D eigenvalue weighted by Gasteiger charge is -2.26. The third kappa shape index (κ3) is 6.50. The molecular weight excluding hydrogens is 781 g/mol. The van der Waals surface area contributed by atoms with Gasteiger partial charge in [-0.15, -0.1) is 11.3 Å². The molecule has 0 bridgehead atoms. The van der Waals surface area contributed by atoms with Gasteiger partial charge in [-0.2, -0.15) is 0 Å². The maximum Gasteiger partial charge on any atom is 0.0640 e. The Hall–Kier alpha value is -7.98. The van der Waals surface area contributed by atoms with Gasteiger partial charge in [-0.1, -0.05) is 182 Å². The molecule has 296 valence electrons. The van der Waals surface area contributed by atoms with Crippen molar-refractivity contribution >= 4 is 70.4 Å². The number of benzene rings is 10. The average Bonchev–Trinajstić information content (AvgIpc) is 3.91. The molecule has 0 aliphatic rings. The Morgan fingerprint density at radius 2 is 0.778 bits per heavy atom. The highest BCUT2D eigenvalue weighted by molar-refractivity contribution is 7.26. The fourth-order valence-electron chi connectivity index (χ4n) is 9.39. The van der Waals surface area contributed by atoms with E-state index in [0.717, 1.165) is 11.4 Å². The highest BCUT2D eigenvalue weighted by atomic mass is 32.1. The highest BCUT2D eigenvalue weighted by Crippen LogP contribution is 2.45. The number of thiophene rings is 1. The van der Waals surface area contributed by atoms with Crippen molar-refractivity contribution in [2.75, 3.05) is 4.90 Å². The van der Waals surface area contributed by atoms with E-state index in [-0.39, 0.29) is 0 Å². The van der Waals surface area contributed by atoms with Gasteiger partial charge in [0.25, 0.3) is 0 Å². The van der Waals surface area contributed by atoms with E-state index in [1.54, 1.807) is 0 Å². The van der Waals surface area contributed by atoms with Crippen LogP contribution in [0.25, 0.3) is 92.2 Å². The maximum absolute atomic E-state index is 2.42. The summed E-state index contributed by atoms with van der Waals surface area (Å²) in [7, 11) is 0. The number of hydrogen-bond acceptors (Lipinski definition) is 2. The largest absolute Gasteiger partial charge is 0.309 e. The molecule has 3 heteroatoms. The molecule has 0 aliphatic carbocycles. The lowest BCUT2D eigenvalue weighted by Crippen LogP contribution is -2.10. The summed E-state index contributed by atoms with van der Waals surface area (Å²) in [5, 5.41) is 5.10. The van der Waals surface area contributed by atoms with Crippen LogP contribution in [0.15, 0.2) is 243 Å². The molecule has 0 fully saturated rings. The fraction of sp³-hybridized carbons (Fsp3) is 0. The van der Waals surface area contributed by atoms with Gasteiger partial charge >= 0.3 is 0 Å². The molecule has 0 saturated heterocycles. The summed E-state index contributed by atoms with van der Waals surface area (Å²) in [5.41, 5.74) is 16.5. The van der Waals surface area contributed by atoms with E-state index >= 15 is 0 Å². The molecule has 0 saturated carbocycles. The number of para-hydroxylation sites is 3. The third-order valence-electron chi connectivity index (χ3n) is 12.4. The lowest BCUT2D eigenvalue weighted by atomic mass is 9.97. The standard InChI is InChI=1S/C60H40N2S/c1-2-14-41(15-3-1)42-28-30-43(31-29-42)44-32-36-48(37-33-44)61(58-26-13-22-54-53-21-7-11-27-59(53)63-60(54)58)49-38-34-45(35-39-49)46-16-12-17-47(40-46)50-18-4-8-23-55(50)62-56-24-9-5-19-51(56)52-20-6-10-25-57(52)62/h1-40H. The van der Waals surface area contributed by atoms with Gasteiger partial charge in [0.15, 0.2) is 0 Å². The van der Waals surface area contributed by atoms with Gasteiger partial charge in [0, 0.05) is 43.2 Å². The predicted molar refractivity (Wildman–Crippen MR) is 270 cm³/mol. The van der Waals surface area contributed by atoms with Crippen molar-refractivity contribution in [1.82, 2.24) is 4.57 Å². The molecule has 2 heterocycles. The van der Waals surface area contributed by atoms with Crippen molar-refractivity contribution in [1.29, 1.82) is 0 Å². The second-order valence-electron chi connectivity index (χ2n) is 16.1. The molecule has 63 heavy (non-hydrogen) atoms. The summed E-state index contributed by atoms with van der Waals surface area (Å²) in [6, 6.07) is 88.3. The van der Waals surface area contributed by atoms with Crippen molar-refractivity contribution in [3.05, 3.63) is 243 Å². The summed E-state index contributed by atoms with van der Waals surface area (Å²) in [5.74, 6) is 0. The quantitative estimate of drug-likeness (QED) is 0.148. The van der Waals surface area contributed by atoms with Gasteiger partial charge in [0.2, 0.25) is 0 Å². The van der Waals surface area contributed by atoms with E-state index < -0.39 is 0 Å². The van der Waals surface area contributed by atoms with E-state index in [4.69, 9.17) is 0 Å². The van der Waals surface area contributed by atoms with Crippen LogP contribution in [0, 0.1) is 0 Å². The van der Waals surface area contributed by atoms with Gasteiger partial charge in [0.1, 0.15) is 0 Å². The summed E-state index contributed by atoms with van der Waals surface area (Å²) >= 11 is 1.86. The fourth-order valence-corrected chi connectivity index (χ4v) is 10.6. The monoisotopic (exact) mass is 820 g/mol. The van der Waals surface area contributed by atoms with Crippen molar-refractivity contribution in [2.45, 2.75) is 0 Å². The zero-order valence-electron chi connectivity index (χ0n) is 34.4. The van der Waals surface area contributed by atoms with Crippen LogP contribution in [-0.2, 0) is 0 Å². The topological polar surface area (TPSA) is 8.17 Å². The molecule has 0 atom stereocenters. The first-order valence-electron chi connectivity index (χ1n) is 21.5. The SMILES string of the molecule is c1ccc(-c2ccc(-c3ccc(N(c4ccc(-c5cccc(-c6ccccc6-n6c7ccccc7c7ccccc76)c5)cc4)c4cccc5c4sc4ccccc45)cc3)cc2)cc1. The first-order chi connectivity index (χ1) is 31.2. The van der Waals surface area contributed by atoms with Crippen molar-refractivity contribution in [3.63, 3.8) is 0 Å². The smallest absolute Gasteiger partial charge is 0.0640 e. The van der Waals surface area contributed by atoms with Crippen LogP contribution >= 0.6 is 11.3 Å². The van der Waals surface area contributed by atoms with Crippen LogP contribution in [0.3, 0.4) is 0 Å². The van der Waals surface area contributed by atoms with Crippen LogP contribution in [-0.4, -0.2) is 4.57 Å². The molecule has 2 nitrogen and oxygen atoms in total. The van der Waals surface area contributed by atoms with Gasteiger partial charge in [-0.25, -0.2) is 0 Å². The molecule has 0 spiro atoms. The van der Waals surface area contributed by atoms with E-state index in [2.05, 4.69) is 252 Å². The van der Waals surface area contributed by atoms with E-state index in [1.165, 1.54) is 97.9 Å². The minimum absolute atomic E-state index is 1.11. The average molecular weight is 821 g/mol. The van der Waals surface area contributed by atoms with Crippen LogP contribution in [0.5, 0.6) is 0 Å². The molecule has 12 aromatic rings. The Kier molecular flexibility index (Phi) is 9.06. The van der Waals surface area contributed by atoms with Gasteiger partial charge < -0.3 is 9.47 Å². The van der Waals surface area contributed by atoms with Crippen molar-refractivity contribution in [2.24, 2.45) is 0 Å². The minimum Gasteiger partial charge on any atom is -0.309 e. The Bertz CT molecular complexity index is 3550. The van der Waals surface area contributed by atoms with Crippen molar-refractivity contribution < 1.29 is 0 Å². The van der Waals surface area contributed by atoms with Crippen LogP contribution in [0.1, 0.15) is 0 Å². The number of aromatic nitrogens is 1. The van der Waals surface area contributed by atoms with E-state index in [9.17, 15) is 0 Å². The summed E-state index contributed by atoms with van der Waals surface area (Å²) in [6.45, 7) is 0. The first kappa shape index (κ1) is 36.8. The zero-order valence-corrected chi connectivity index (χ0v) is 35.2. The van der Waals surface area contributed by atoms with Gasteiger partial charge in [0.05, 0.1) is 27.1 Å².